The summed E-state index contributed by atoms with van der Waals surface area (Å²) >= 11 is 0. The normalized spacial score (nSPS) is 25.1. The minimum atomic E-state index is -0.119. The topological polar surface area (TPSA) is 65.4 Å². The van der Waals surface area contributed by atoms with E-state index in [2.05, 4.69) is 10.2 Å². The molecule has 1 aromatic rings. The number of nitrogens with one attached hydrogen (secondary N) is 1. The zero-order valence-electron chi connectivity index (χ0n) is 11.9. The Hall–Kier alpha value is -1.90. The van der Waals surface area contributed by atoms with Crippen LogP contribution in [0.5, 0.6) is 0 Å². The standard InChI is InChI=1S/C16H19N3O2/c17-8-12-3-5-13(6-4-12)16(20)18-9-15-10-19-7-1-2-14(19)11-21-15/h3-6,14-15H,1-2,7,9-11H2,(H,18,20)/t14-,15-/m0/s1. The van der Waals surface area contributed by atoms with Crippen molar-refractivity contribution < 1.29 is 9.53 Å². The van der Waals surface area contributed by atoms with E-state index < -0.39 is 0 Å². The number of carbonyl (C=O) groups excluding carboxylic acids is 1. The Labute approximate surface area is 124 Å². The van der Waals surface area contributed by atoms with Crippen molar-refractivity contribution in [3.05, 3.63) is 35.4 Å². The summed E-state index contributed by atoms with van der Waals surface area (Å²) in [6.07, 6.45) is 2.55. The molecule has 110 valence electrons. The highest BCUT2D eigenvalue weighted by atomic mass is 16.5. The van der Waals surface area contributed by atoms with Crippen molar-refractivity contribution >= 4 is 5.91 Å². The van der Waals surface area contributed by atoms with Gasteiger partial charge in [0.05, 0.1) is 24.3 Å². The molecule has 1 aromatic carbocycles. The Kier molecular flexibility index (Phi) is 4.18. The highest BCUT2D eigenvalue weighted by Crippen LogP contribution is 2.22. The summed E-state index contributed by atoms with van der Waals surface area (Å²) in [6, 6.07) is 9.27. The first kappa shape index (κ1) is 14.1. The molecule has 5 nitrogen and oxygen atoms in total. The number of ether oxygens (including phenoxy) is 1. The van der Waals surface area contributed by atoms with Crippen molar-refractivity contribution in [1.29, 1.82) is 5.26 Å². The molecule has 2 heterocycles. The summed E-state index contributed by atoms with van der Waals surface area (Å²) in [5.74, 6) is -0.119. The van der Waals surface area contributed by atoms with Gasteiger partial charge >= 0.3 is 0 Å². The fourth-order valence-electron chi connectivity index (χ4n) is 3.01. The van der Waals surface area contributed by atoms with E-state index in [-0.39, 0.29) is 12.0 Å². The maximum Gasteiger partial charge on any atom is 0.251 e. The largest absolute Gasteiger partial charge is 0.373 e. The molecule has 0 radical (unpaired) electrons. The van der Waals surface area contributed by atoms with Crippen molar-refractivity contribution in [2.24, 2.45) is 0 Å². The van der Waals surface area contributed by atoms with Crippen molar-refractivity contribution in [3.63, 3.8) is 0 Å². The van der Waals surface area contributed by atoms with Crippen LogP contribution in [0.3, 0.4) is 0 Å². The van der Waals surface area contributed by atoms with Crippen LogP contribution in [0.15, 0.2) is 24.3 Å². The van der Waals surface area contributed by atoms with Gasteiger partial charge in [-0.1, -0.05) is 0 Å². The first-order valence-corrected chi connectivity index (χ1v) is 7.40. The zero-order valence-corrected chi connectivity index (χ0v) is 11.9. The second kappa shape index (κ2) is 6.25. The number of carbonyl (C=O) groups is 1. The van der Waals surface area contributed by atoms with Crippen LogP contribution in [-0.4, -0.2) is 49.2 Å². The highest BCUT2D eigenvalue weighted by Gasteiger charge is 2.32. The number of nitriles is 1. The van der Waals surface area contributed by atoms with Crippen LogP contribution in [0.1, 0.15) is 28.8 Å². The molecule has 2 fully saturated rings. The summed E-state index contributed by atoms with van der Waals surface area (Å²) in [4.78, 5) is 14.5. The van der Waals surface area contributed by atoms with E-state index in [0.717, 1.165) is 19.7 Å². The smallest absolute Gasteiger partial charge is 0.251 e. The van der Waals surface area contributed by atoms with Gasteiger partial charge in [-0.15, -0.1) is 0 Å². The molecule has 21 heavy (non-hydrogen) atoms. The Balaban J connectivity index is 1.50. The number of rotatable bonds is 3. The minimum absolute atomic E-state index is 0.0710. The Morgan fingerprint density at radius 1 is 1.43 bits per heavy atom. The van der Waals surface area contributed by atoms with E-state index in [1.54, 1.807) is 24.3 Å². The predicted molar refractivity (Wildman–Crippen MR) is 77.8 cm³/mol. The molecular formula is C16H19N3O2. The third-order valence-electron chi connectivity index (χ3n) is 4.23. The van der Waals surface area contributed by atoms with Gasteiger partial charge in [-0.2, -0.15) is 5.26 Å². The fourth-order valence-corrected chi connectivity index (χ4v) is 3.01. The molecule has 1 N–H and O–H groups in total. The van der Waals surface area contributed by atoms with Crippen LogP contribution in [0.4, 0.5) is 0 Å². The van der Waals surface area contributed by atoms with E-state index in [9.17, 15) is 4.79 Å². The van der Waals surface area contributed by atoms with Gasteiger partial charge in [0.25, 0.3) is 5.91 Å². The summed E-state index contributed by atoms with van der Waals surface area (Å²) in [5, 5.41) is 11.7. The average molecular weight is 285 g/mol. The molecule has 2 atom stereocenters. The molecule has 2 aliphatic rings. The second-order valence-corrected chi connectivity index (χ2v) is 5.65. The maximum atomic E-state index is 12.1. The van der Waals surface area contributed by atoms with E-state index in [1.165, 1.54) is 12.8 Å². The van der Waals surface area contributed by atoms with Crippen LogP contribution in [0.25, 0.3) is 0 Å². The molecule has 1 amide bonds. The molecule has 2 aliphatic heterocycles. The van der Waals surface area contributed by atoms with Gasteiger partial charge in [0.1, 0.15) is 0 Å². The van der Waals surface area contributed by atoms with Crippen molar-refractivity contribution in [1.82, 2.24) is 10.2 Å². The Morgan fingerprint density at radius 3 is 3.00 bits per heavy atom. The number of nitrogens with zero attached hydrogens (tertiary/aromatic N) is 2. The zero-order chi connectivity index (χ0) is 14.7. The van der Waals surface area contributed by atoms with Crippen molar-refractivity contribution in [2.45, 2.75) is 25.0 Å². The maximum absolute atomic E-state index is 12.1. The average Bonchev–Trinajstić information content (AvgIpc) is 3.00. The van der Waals surface area contributed by atoms with Gasteiger partial charge in [-0.05, 0) is 43.7 Å². The molecule has 0 aliphatic carbocycles. The fraction of sp³-hybridized carbons (Fsp3) is 0.500. The molecular weight excluding hydrogens is 266 g/mol. The summed E-state index contributed by atoms with van der Waals surface area (Å²) in [5.41, 5.74) is 1.13. The first-order chi connectivity index (χ1) is 10.3. The van der Waals surface area contributed by atoms with Crippen LogP contribution < -0.4 is 5.32 Å². The first-order valence-electron chi connectivity index (χ1n) is 7.40. The van der Waals surface area contributed by atoms with Crippen LogP contribution in [0.2, 0.25) is 0 Å². The lowest BCUT2D eigenvalue weighted by molar-refractivity contribution is -0.0461. The third-order valence-corrected chi connectivity index (χ3v) is 4.23. The minimum Gasteiger partial charge on any atom is -0.373 e. The third kappa shape index (κ3) is 3.23. The number of hydrogen-bond acceptors (Lipinski definition) is 4. The number of hydrogen-bond donors (Lipinski definition) is 1. The highest BCUT2D eigenvalue weighted by molar-refractivity contribution is 5.94. The summed E-state index contributed by atoms with van der Waals surface area (Å²) in [7, 11) is 0. The SMILES string of the molecule is N#Cc1ccc(C(=O)NC[C@H]2CN3CCC[C@H]3CO2)cc1. The van der Waals surface area contributed by atoms with E-state index >= 15 is 0 Å². The summed E-state index contributed by atoms with van der Waals surface area (Å²) in [6.45, 7) is 3.35. The monoisotopic (exact) mass is 285 g/mol. The predicted octanol–water partition coefficient (Wildman–Crippen LogP) is 1.15. The lowest BCUT2D eigenvalue weighted by Gasteiger charge is -2.35. The molecule has 2 saturated heterocycles. The van der Waals surface area contributed by atoms with Gasteiger partial charge in [-0.25, -0.2) is 0 Å². The quantitative estimate of drug-likeness (QED) is 0.905. The van der Waals surface area contributed by atoms with E-state index in [1.807, 2.05) is 6.07 Å². The molecule has 3 rings (SSSR count). The molecule has 0 bridgehead atoms. The number of morpholine rings is 1. The van der Waals surface area contributed by atoms with Gasteiger partial charge in [-0.3, -0.25) is 9.69 Å². The second-order valence-electron chi connectivity index (χ2n) is 5.65. The lowest BCUT2D eigenvalue weighted by atomic mass is 10.1. The van der Waals surface area contributed by atoms with Crippen LogP contribution >= 0.6 is 0 Å². The number of benzene rings is 1. The van der Waals surface area contributed by atoms with Gasteiger partial charge in [0, 0.05) is 24.7 Å². The lowest BCUT2D eigenvalue weighted by Crippen LogP contribution is -2.50. The van der Waals surface area contributed by atoms with Gasteiger partial charge in [0.15, 0.2) is 0 Å². The van der Waals surface area contributed by atoms with Gasteiger partial charge in [0.2, 0.25) is 0 Å². The van der Waals surface area contributed by atoms with Crippen molar-refractivity contribution in [2.75, 3.05) is 26.2 Å². The number of fused-ring (bicyclic) bond motifs is 1. The molecule has 0 saturated carbocycles. The molecule has 0 aromatic heterocycles. The molecule has 0 unspecified atom stereocenters. The van der Waals surface area contributed by atoms with Crippen LogP contribution in [0, 0.1) is 11.3 Å². The van der Waals surface area contributed by atoms with Gasteiger partial charge < -0.3 is 10.1 Å². The van der Waals surface area contributed by atoms with Crippen LogP contribution in [-0.2, 0) is 4.74 Å². The van der Waals surface area contributed by atoms with E-state index in [4.69, 9.17) is 10.00 Å². The molecule has 0 spiro atoms. The number of amides is 1. The molecule has 5 heteroatoms. The Bertz CT molecular complexity index is 550. The van der Waals surface area contributed by atoms with E-state index in [0.29, 0.717) is 23.7 Å². The van der Waals surface area contributed by atoms with Crippen molar-refractivity contribution in [3.8, 4) is 6.07 Å². The Morgan fingerprint density at radius 2 is 2.24 bits per heavy atom. The summed E-state index contributed by atoms with van der Waals surface area (Å²) < 4.78 is 5.82.